The molecule has 5 heteroatoms. The second-order valence-corrected chi connectivity index (χ2v) is 6.01. The topological polar surface area (TPSA) is 64.4 Å². The molecule has 100 valence electrons. The smallest absolute Gasteiger partial charge is 0.236 e. The van der Waals surface area contributed by atoms with Crippen molar-refractivity contribution >= 4 is 17.7 Å². The Morgan fingerprint density at radius 2 is 2.18 bits per heavy atom. The summed E-state index contributed by atoms with van der Waals surface area (Å²) in [4.78, 5) is 11.8. The van der Waals surface area contributed by atoms with Crippen molar-refractivity contribution in [2.24, 2.45) is 11.1 Å². The number of nitrogens with one attached hydrogen (secondary N) is 1. The molecule has 1 aliphatic rings. The Morgan fingerprint density at radius 3 is 2.76 bits per heavy atom. The van der Waals surface area contributed by atoms with Crippen LogP contribution in [0.5, 0.6) is 0 Å². The zero-order valence-corrected chi connectivity index (χ0v) is 11.6. The monoisotopic (exact) mass is 260 g/mol. The van der Waals surface area contributed by atoms with Crippen LogP contribution < -0.4 is 11.1 Å². The first-order valence-electron chi connectivity index (χ1n) is 6.17. The van der Waals surface area contributed by atoms with E-state index in [1.54, 1.807) is 11.8 Å². The molecule has 0 unspecified atom stereocenters. The van der Waals surface area contributed by atoms with Gasteiger partial charge in [0.2, 0.25) is 5.91 Å². The molecule has 4 nitrogen and oxygen atoms in total. The molecule has 0 bridgehead atoms. The predicted octanol–water partition coefficient (Wildman–Crippen LogP) is 1.000. The van der Waals surface area contributed by atoms with E-state index in [-0.39, 0.29) is 17.4 Å². The van der Waals surface area contributed by atoms with Gasteiger partial charge in [-0.05, 0) is 36.7 Å². The molecule has 3 N–H and O–H groups in total. The molecule has 0 aliphatic carbocycles. The van der Waals surface area contributed by atoms with Crippen LogP contribution in [0.25, 0.3) is 0 Å². The number of ether oxygens (including phenoxy) is 1. The molecule has 1 aliphatic heterocycles. The van der Waals surface area contributed by atoms with Crippen LogP contribution in [0.1, 0.15) is 26.2 Å². The first kappa shape index (κ1) is 14.8. The van der Waals surface area contributed by atoms with Crippen molar-refractivity contribution < 1.29 is 9.53 Å². The lowest BCUT2D eigenvalue weighted by Gasteiger charge is -2.33. The molecular formula is C12H24N2O2S. The van der Waals surface area contributed by atoms with Crippen molar-refractivity contribution in [2.45, 2.75) is 32.2 Å². The molecular weight excluding hydrogens is 236 g/mol. The van der Waals surface area contributed by atoms with Crippen molar-refractivity contribution in [3.8, 4) is 0 Å². The minimum atomic E-state index is -0.370. The van der Waals surface area contributed by atoms with Gasteiger partial charge in [-0.1, -0.05) is 6.92 Å². The minimum Gasteiger partial charge on any atom is -0.381 e. The fourth-order valence-corrected chi connectivity index (χ4v) is 2.34. The first-order valence-corrected chi connectivity index (χ1v) is 7.57. The molecule has 0 aromatic rings. The van der Waals surface area contributed by atoms with Crippen LogP contribution in [0.3, 0.4) is 0 Å². The van der Waals surface area contributed by atoms with Crippen molar-refractivity contribution in [3.63, 3.8) is 0 Å². The van der Waals surface area contributed by atoms with E-state index in [0.717, 1.165) is 38.2 Å². The van der Waals surface area contributed by atoms with Crippen LogP contribution in [0.15, 0.2) is 0 Å². The maximum absolute atomic E-state index is 11.8. The third kappa shape index (κ3) is 5.27. The van der Waals surface area contributed by atoms with Crippen molar-refractivity contribution in [1.29, 1.82) is 0 Å². The second-order valence-electron chi connectivity index (χ2n) is 5.03. The highest BCUT2D eigenvalue weighted by Gasteiger charge is 2.28. The fourth-order valence-electron chi connectivity index (χ4n) is 1.85. The van der Waals surface area contributed by atoms with Gasteiger partial charge in [-0.25, -0.2) is 0 Å². The van der Waals surface area contributed by atoms with Gasteiger partial charge in [0.05, 0.1) is 6.04 Å². The summed E-state index contributed by atoms with van der Waals surface area (Å²) in [5.74, 6) is 0.909. The number of nitrogens with two attached hydrogens (primary N) is 1. The third-order valence-corrected chi connectivity index (χ3v) is 4.00. The van der Waals surface area contributed by atoms with Crippen LogP contribution >= 0.6 is 11.8 Å². The van der Waals surface area contributed by atoms with Crippen LogP contribution in [0.2, 0.25) is 0 Å². The highest BCUT2D eigenvalue weighted by Crippen LogP contribution is 2.28. The zero-order chi connectivity index (χ0) is 12.7. The number of amides is 1. The van der Waals surface area contributed by atoms with Gasteiger partial charge in [-0.15, -0.1) is 0 Å². The summed E-state index contributed by atoms with van der Waals surface area (Å²) in [5, 5.41) is 2.97. The normalized spacial score (nSPS) is 20.9. The maximum Gasteiger partial charge on any atom is 0.236 e. The number of carbonyl (C=O) groups is 1. The Hall–Kier alpha value is -0.260. The molecule has 17 heavy (non-hydrogen) atoms. The second kappa shape index (κ2) is 7.24. The Kier molecular flexibility index (Phi) is 6.30. The molecule has 0 aromatic heterocycles. The van der Waals surface area contributed by atoms with E-state index < -0.39 is 0 Å². The van der Waals surface area contributed by atoms with Gasteiger partial charge < -0.3 is 15.8 Å². The molecule has 1 heterocycles. The highest BCUT2D eigenvalue weighted by atomic mass is 32.2. The summed E-state index contributed by atoms with van der Waals surface area (Å²) < 4.78 is 5.33. The molecule has 1 rings (SSSR count). The average Bonchev–Trinajstić information content (AvgIpc) is 2.34. The van der Waals surface area contributed by atoms with Gasteiger partial charge in [0.15, 0.2) is 0 Å². The minimum absolute atomic E-state index is 0.0215. The quantitative estimate of drug-likeness (QED) is 0.748. The summed E-state index contributed by atoms with van der Waals surface area (Å²) in [7, 11) is 0. The van der Waals surface area contributed by atoms with Gasteiger partial charge >= 0.3 is 0 Å². The molecule has 1 amide bonds. The number of hydrogen-bond acceptors (Lipinski definition) is 4. The van der Waals surface area contributed by atoms with Crippen LogP contribution in [-0.2, 0) is 9.53 Å². The third-order valence-electron chi connectivity index (χ3n) is 3.36. The lowest BCUT2D eigenvalue weighted by molar-refractivity contribution is -0.123. The molecule has 0 saturated carbocycles. The molecule has 1 saturated heterocycles. The molecule has 0 radical (unpaired) electrons. The summed E-state index contributed by atoms with van der Waals surface area (Å²) in [5.41, 5.74) is 5.99. The van der Waals surface area contributed by atoms with E-state index in [0.29, 0.717) is 6.54 Å². The van der Waals surface area contributed by atoms with E-state index in [9.17, 15) is 4.79 Å². The van der Waals surface area contributed by atoms with Crippen molar-refractivity contribution in [1.82, 2.24) is 5.32 Å². The van der Waals surface area contributed by atoms with E-state index in [2.05, 4.69) is 12.2 Å². The Labute approximate surface area is 108 Å². The summed E-state index contributed by atoms with van der Waals surface area (Å²) in [6, 6.07) is -0.370. The predicted molar refractivity (Wildman–Crippen MR) is 72.1 cm³/mol. The van der Waals surface area contributed by atoms with Gasteiger partial charge in [-0.2, -0.15) is 11.8 Å². The van der Waals surface area contributed by atoms with E-state index >= 15 is 0 Å². The Morgan fingerprint density at radius 1 is 1.53 bits per heavy atom. The van der Waals surface area contributed by atoms with E-state index in [1.165, 1.54) is 0 Å². The van der Waals surface area contributed by atoms with Crippen LogP contribution in [0, 0.1) is 5.41 Å². The van der Waals surface area contributed by atoms with Crippen LogP contribution in [0.4, 0.5) is 0 Å². The lowest BCUT2D eigenvalue weighted by atomic mass is 9.82. The Balaban J connectivity index is 2.26. The SMILES string of the molecule is CSCC[C@H](N)C(=O)NCC1(C)CCOCC1. The van der Waals surface area contributed by atoms with Gasteiger partial charge in [0, 0.05) is 19.8 Å². The molecule has 1 fully saturated rings. The van der Waals surface area contributed by atoms with Gasteiger partial charge in [0.1, 0.15) is 0 Å². The first-order chi connectivity index (χ1) is 8.07. The van der Waals surface area contributed by atoms with Gasteiger partial charge in [-0.3, -0.25) is 4.79 Å². The van der Waals surface area contributed by atoms with Crippen molar-refractivity contribution in [2.75, 3.05) is 31.8 Å². The number of carbonyl (C=O) groups excluding carboxylic acids is 1. The summed E-state index contributed by atoms with van der Waals surface area (Å²) in [6.07, 6.45) is 4.78. The lowest BCUT2D eigenvalue weighted by Crippen LogP contribution is -2.46. The van der Waals surface area contributed by atoms with E-state index in [4.69, 9.17) is 10.5 Å². The van der Waals surface area contributed by atoms with Gasteiger partial charge in [0.25, 0.3) is 0 Å². The molecule has 0 aromatic carbocycles. The summed E-state index contributed by atoms with van der Waals surface area (Å²) in [6.45, 7) is 4.50. The maximum atomic E-state index is 11.8. The Bertz CT molecular complexity index is 243. The highest BCUT2D eigenvalue weighted by molar-refractivity contribution is 7.98. The standard InChI is InChI=1S/C12H24N2O2S/c1-12(4-6-16-7-5-12)9-14-11(15)10(13)3-8-17-2/h10H,3-9,13H2,1-2H3,(H,14,15)/t10-/m0/s1. The van der Waals surface area contributed by atoms with Crippen LogP contribution in [-0.4, -0.2) is 43.7 Å². The van der Waals surface area contributed by atoms with E-state index in [1.807, 2.05) is 6.26 Å². The fraction of sp³-hybridized carbons (Fsp3) is 0.917. The largest absolute Gasteiger partial charge is 0.381 e. The van der Waals surface area contributed by atoms with Crippen molar-refractivity contribution in [3.05, 3.63) is 0 Å². The average molecular weight is 260 g/mol. The zero-order valence-electron chi connectivity index (χ0n) is 10.8. The number of rotatable bonds is 6. The number of hydrogen-bond donors (Lipinski definition) is 2. The molecule has 1 atom stereocenters. The summed E-state index contributed by atoms with van der Waals surface area (Å²) >= 11 is 1.72. The molecule has 0 spiro atoms. The number of thioether (sulfide) groups is 1.